The number of carbonyl (C=O) groups excluding carboxylic acids is 1. The molecule has 4 N–H and O–H groups in total. The van der Waals surface area contributed by atoms with E-state index in [0.29, 0.717) is 11.9 Å². The van der Waals surface area contributed by atoms with Gasteiger partial charge in [0.2, 0.25) is 0 Å². The predicted molar refractivity (Wildman–Crippen MR) is 75.2 cm³/mol. The zero-order chi connectivity index (χ0) is 14.0. The van der Waals surface area contributed by atoms with Crippen LogP contribution in [0.4, 0.5) is 0 Å². The Hall–Kier alpha value is -2.14. The van der Waals surface area contributed by atoms with Crippen LogP contribution in [0, 0.1) is 0 Å². The van der Waals surface area contributed by atoms with Gasteiger partial charge in [0.1, 0.15) is 5.69 Å². The van der Waals surface area contributed by atoms with Crippen LogP contribution in [0.15, 0.2) is 35.1 Å². The molecule has 5 nitrogen and oxygen atoms in total. The van der Waals surface area contributed by atoms with Gasteiger partial charge >= 0.3 is 0 Å². The Morgan fingerprint density at radius 1 is 1.37 bits per heavy atom. The number of nitrogens with two attached hydrogens (primary N) is 1. The Morgan fingerprint density at radius 2 is 2.05 bits per heavy atom. The average molecular weight is 259 g/mol. The van der Waals surface area contributed by atoms with Crippen LogP contribution >= 0.6 is 0 Å². The van der Waals surface area contributed by atoms with Gasteiger partial charge in [0.05, 0.1) is 0 Å². The first kappa shape index (κ1) is 13.3. The molecule has 0 spiro atoms. The van der Waals surface area contributed by atoms with E-state index in [-0.39, 0.29) is 17.2 Å². The molecule has 2 aromatic rings. The third-order valence-electron chi connectivity index (χ3n) is 2.70. The number of hydrogen-bond acceptors (Lipinski definition) is 3. The predicted octanol–water partition coefficient (Wildman–Crippen LogP) is 0.995. The molecule has 1 heterocycles. The number of hydrogen-bond donors (Lipinski definition) is 3. The summed E-state index contributed by atoms with van der Waals surface area (Å²) in [6, 6.07) is 8.80. The molecule has 100 valence electrons. The van der Waals surface area contributed by atoms with Gasteiger partial charge in [0.25, 0.3) is 11.5 Å². The number of pyridine rings is 1. The van der Waals surface area contributed by atoms with Crippen LogP contribution < -0.4 is 16.6 Å². The highest BCUT2D eigenvalue weighted by Crippen LogP contribution is 2.09. The minimum atomic E-state index is -0.493. The minimum Gasteiger partial charge on any atom is -0.349 e. The second kappa shape index (κ2) is 4.85. The van der Waals surface area contributed by atoms with E-state index in [1.165, 1.54) is 0 Å². The lowest BCUT2D eigenvalue weighted by Crippen LogP contribution is -2.45. The lowest BCUT2D eigenvalue weighted by Gasteiger charge is -2.18. The number of aromatic amines is 1. The number of amides is 1. The molecule has 0 aliphatic rings. The van der Waals surface area contributed by atoms with Crippen molar-refractivity contribution in [3.63, 3.8) is 0 Å². The summed E-state index contributed by atoms with van der Waals surface area (Å²) in [6.07, 6.45) is 0. The van der Waals surface area contributed by atoms with Gasteiger partial charge in [-0.2, -0.15) is 0 Å². The van der Waals surface area contributed by atoms with Crippen LogP contribution in [0.2, 0.25) is 0 Å². The van der Waals surface area contributed by atoms with Gasteiger partial charge in [0, 0.05) is 17.5 Å². The monoisotopic (exact) mass is 259 g/mol. The maximum Gasteiger partial charge on any atom is 0.267 e. The first-order chi connectivity index (χ1) is 8.87. The van der Waals surface area contributed by atoms with Gasteiger partial charge in [-0.15, -0.1) is 0 Å². The third-order valence-corrected chi connectivity index (χ3v) is 2.70. The molecule has 2 rings (SSSR count). The lowest BCUT2D eigenvalue weighted by atomic mass is 10.1. The van der Waals surface area contributed by atoms with E-state index >= 15 is 0 Å². The molecule has 0 radical (unpaired) electrons. The second-order valence-electron chi connectivity index (χ2n) is 5.27. The van der Waals surface area contributed by atoms with Crippen LogP contribution in [0.5, 0.6) is 0 Å². The number of aromatic nitrogens is 1. The lowest BCUT2D eigenvalue weighted by molar-refractivity contribution is 0.0941. The van der Waals surface area contributed by atoms with Gasteiger partial charge in [-0.3, -0.25) is 9.59 Å². The summed E-state index contributed by atoms with van der Waals surface area (Å²) in [4.78, 5) is 26.4. The fourth-order valence-electron chi connectivity index (χ4n) is 1.74. The third kappa shape index (κ3) is 3.20. The summed E-state index contributed by atoms with van der Waals surface area (Å²) in [5, 5.41) is 4.00. The highest BCUT2D eigenvalue weighted by atomic mass is 16.2. The summed E-state index contributed by atoms with van der Waals surface area (Å²) >= 11 is 0. The summed E-state index contributed by atoms with van der Waals surface area (Å²) < 4.78 is 0. The van der Waals surface area contributed by atoms with Gasteiger partial charge < -0.3 is 16.0 Å². The van der Waals surface area contributed by atoms with Gasteiger partial charge in [-0.05, 0) is 31.4 Å². The van der Waals surface area contributed by atoms with Crippen LogP contribution in [0.3, 0.4) is 0 Å². The smallest absolute Gasteiger partial charge is 0.267 e. The molecule has 0 aliphatic heterocycles. The molecule has 0 atom stereocenters. The summed E-state index contributed by atoms with van der Waals surface area (Å²) in [5.74, 6) is -0.332. The molecule has 0 bridgehead atoms. The van der Waals surface area contributed by atoms with Crippen molar-refractivity contribution >= 4 is 16.7 Å². The number of nitrogens with one attached hydrogen (secondary N) is 2. The van der Waals surface area contributed by atoms with Crippen molar-refractivity contribution < 1.29 is 4.79 Å². The van der Waals surface area contributed by atoms with Crippen molar-refractivity contribution in [2.24, 2.45) is 5.73 Å². The van der Waals surface area contributed by atoms with Gasteiger partial charge in [0.15, 0.2) is 0 Å². The van der Waals surface area contributed by atoms with Crippen LogP contribution in [0.1, 0.15) is 24.3 Å². The van der Waals surface area contributed by atoms with Gasteiger partial charge in [-0.1, -0.05) is 18.2 Å². The fraction of sp³-hybridized carbons (Fsp3) is 0.286. The highest BCUT2D eigenvalue weighted by molar-refractivity contribution is 5.96. The van der Waals surface area contributed by atoms with E-state index in [0.717, 1.165) is 5.39 Å². The molecule has 5 heteroatoms. The normalized spacial score (nSPS) is 11.5. The first-order valence-electron chi connectivity index (χ1n) is 6.06. The maximum absolute atomic E-state index is 12.0. The van der Waals surface area contributed by atoms with Crippen molar-refractivity contribution in [2.75, 3.05) is 6.54 Å². The molecular formula is C14H17N3O2. The first-order valence-corrected chi connectivity index (χ1v) is 6.06. The molecule has 0 aliphatic carbocycles. The van der Waals surface area contributed by atoms with E-state index in [1.807, 2.05) is 19.9 Å². The molecule has 0 unspecified atom stereocenters. The minimum absolute atomic E-state index is 0.243. The van der Waals surface area contributed by atoms with E-state index in [9.17, 15) is 9.59 Å². The molecule has 0 fully saturated rings. The maximum atomic E-state index is 12.0. The standard InChI is InChI=1S/C14H17N3O2/c1-14(2,15)8-16-13(19)11-7-9-5-3-4-6-10(9)12(18)17-11/h3-7H,8,15H2,1-2H3,(H,16,19)(H,17,18). The molecule has 1 aromatic carbocycles. The topological polar surface area (TPSA) is 88.0 Å². The van der Waals surface area contributed by atoms with Crippen LogP contribution in [0.25, 0.3) is 10.8 Å². The Bertz CT molecular complexity index is 668. The average Bonchev–Trinajstić information content (AvgIpc) is 2.35. The van der Waals surface area contributed by atoms with E-state index < -0.39 is 5.54 Å². The van der Waals surface area contributed by atoms with Gasteiger partial charge in [-0.25, -0.2) is 0 Å². The molecule has 0 saturated carbocycles. The Labute approximate surface area is 110 Å². The molecule has 19 heavy (non-hydrogen) atoms. The molecular weight excluding hydrogens is 242 g/mol. The van der Waals surface area contributed by atoms with Crippen molar-refractivity contribution in [3.05, 3.63) is 46.4 Å². The van der Waals surface area contributed by atoms with Crippen molar-refractivity contribution in [1.82, 2.24) is 10.3 Å². The zero-order valence-corrected chi connectivity index (χ0v) is 11.0. The number of benzene rings is 1. The molecule has 0 saturated heterocycles. The Balaban J connectivity index is 2.31. The number of H-pyrrole nitrogens is 1. The van der Waals surface area contributed by atoms with Crippen LogP contribution in [-0.2, 0) is 0 Å². The summed E-state index contributed by atoms with van der Waals surface area (Å²) in [6.45, 7) is 3.97. The van der Waals surface area contributed by atoms with Crippen molar-refractivity contribution in [2.45, 2.75) is 19.4 Å². The van der Waals surface area contributed by atoms with E-state index in [4.69, 9.17) is 5.73 Å². The SMILES string of the molecule is CC(C)(N)CNC(=O)c1cc2ccccc2c(=O)[nH]1. The second-order valence-corrected chi connectivity index (χ2v) is 5.27. The summed E-state index contributed by atoms with van der Waals surface area (Å²) in [5.41, 5.74) is 5.28. The number of rotatable bonds is 3. The number of carbonyl (C=O) groups is 1. The molecule has 1 aromatic heterocycles. The highest BCUT2D eigenvalue weighted by Gasteiger charge is 2.14. The van der Waals surface area contributed by atoms with Crippen LogP contribution in [-0.4, -0.2) is 23.0 Å². The summed E-state index contributed by atoms with van der Waals surface area (Å²) in [7, 11) is 0. The zero-order valence-electron chi connectivity index (χ0n) is 11.0. The van der Waals surface area contributed by atoms with E-state index in [2.05, 4.69) is 10.3 Å². The fourth-order valence-corrected chi connectivity index (χ4v) is 1.74. The quantitative estimate of drug-likeness (QED) is 0.768. The number of fused-ring (bicyclic) bond motifs is 1. The largest absolute Gasteiger partial charge is 0.349 e. The Morgan fingerprint density at radius 3 is 2.74 bits per heavy atom. The molecule has 1 amide bonds. The van der Waals surface area contributed by atoms with Crippen molar-refractivity contribution in [1.29, 1.82) is 0 Å². The van der Waals surface area contributed by atoms with Crippen molar-refractivity contribution in [3.8, 4) is 0 Å². The Kier molecular flexibility index (Phi) is 3.40. The van der Waals surface area contributed by atoms with E-state index in [1.54, 1.807) is 24.3 Å².